The molecule has 0 aromatic rings. The van der Waals surface area contributed by atoms with Crippen molar-refractivity contribution in [2.75, 3.05) is 7.11 Å². The van der Waals surface area contributed by atoms with Gasteiger partial charge in [-0.15, -0.1) is 0 Å². The smallest absolute Gasteiger partial charge is 0.307 e. The molecule has 1 fully saturated rings. The van der Waals surface area contributed by atoms with Gasteiger partial charge in [-0.3, -0.25) is 9.59 Å². The predicted molar refractivity (Wildman–Crippen MR) is 88.4 cm³/mol. The first-order valence-electron chi connectivity index (χ1n) is 7.85. The van der Waals surface area contributed by atoms with Crippen molar-refractivity contribution in [2.45, 2.75) is 64.4 Å². The summed E-state index contributed by atoms with van der Waals surface area (Å²) in [6.07, 6.45) is 7.30. The number of carbonyl (C=O) groups excluding carboxylic acids is 2. The normalized spacial score (nSPS) is 25.2. The molecule has 0 saturated carbocycles. The van der Waals surface area contributed by atoms with Gasteiger partial charge in [0.1, 0.15) is 5.72 Å². The maximum atomic E-state index is 12.4. The van der Waals surface area contributed by atoms with Crippen molar-refractivity contribution < 1.29 is 19.1 Å². The fraction of sp³-hybridized carbons (Fsp3) is 0.647. The van der Waals surface area contributed by atoms with Gasteiger partial charge in [0.15, 0.2) is 0 Å². The summed E-state index contributed by atoms with van der Waals surface area (Å²) in [4.78, 5) is 25.4. The monoisotopic (exact) mass is 324 g/mol. The maximum absolute atomic E-state index is 12.4. The molecule has 130 valence electrons. The van der Waals surface area contributed by atoms with E-state index in [4.69, 9.17) is 10.5 Å². The molecule has 6 nitrogen and oxygen atoms in total. The molecule has 6 heteroatoms. The van der Waals surface area contributed by atoms with Crippen LogP contribution in [0.15, 0.2) is 24.3 Å². The molecule has 0 unspecified atom stereocenters. The van der Waals surface area contributed by atoms with Gasteiger partial charge in [-0.25, -0.2) is 0 Å². The molecule has 1 aliphatic heterocycles. The van der Waals surface area contributed by atoms with Crippen molar-refractivity contribution in [3.8, 4) is 0 Å². The highest BCUT2D eigenvalue weighted by molar-refractivity contribution is 5.88. The first kappa shape index (κ1) is 19.4. The average molecular weight is 324 g/mol. The van der Waals surface area contributed by atoms with Crippen LogP contribution in [0, 0.1) is 0 Å². The van der Waals surface area contributed by atoms with Gasteiger partial charge in [0.25, 0.3) is 0 Å². The maximum Gasteiger partial charge on any atom is 0.307 e. The Morgan fingerprint density at radius 1 is 1.39 bits per heavy atom. The molecular weight excluding hydrogens is 296 g/mol. The van der Waals surface area contributed by atoms with Gasteiger partial charge in [-0.05, 0) is 34.1 Å². The third-order valence-electron chi connectivity index (χ3n) is 3.94. The number of hydrogen-bond donors (Lipinski definition) is 1. The van der Waals surface area contributed by atoms with Crippen LogP contribution in [0.25, 0.3) is 0 Å². The van der Waals surface area contributed by atoms with Crippen LogP contribution in [0.4, 0.5) is 0 Å². The molecule has 0 aromatic carbocycles. The van der Waals surface area contributed by atoms with E-state index in [9.17, 15) is 9.59 Å². The Morgan fingerprint density at radius 2 is 2.04 bits per heavy atom. The lowest BCUT2D eigenvalue weighted by atomic mass is 10.0. The van der Waals surface area contributed by atoms with E-state index in [1.54, 1.807) is 17.1 Å². The summed E-state index contributed by atoms with van der Waals surface area (Å²) in [5.41, 5.74) is 5.28. The van der Waals surface area contributed by atoms with Gasteiger partial charge in [-0.1, -0.05) is 18.2 Å². The largest absolute Gasteiger partial charge is 0.469 e. The van der Waals surface area contributed by atoms with Crippen molar-refractivity contribution in [1.82, 2.24) is 4.90 Å². The molecule has 2 N–H and O–H groups in total. The minimum absolute atomic E-state index is 0.107. The van der Waals surface area contributed by atoms with Crippen LogP contribution < -0.4 is 5.73 Å². The minimum atomic E-state index is -0.716. The molecule has 0 aromatic heterocycles. The lowest BCUT2D eigenvalue weighted by molar-refractivity contribution is -0.141. The quantitative estimate of drug-likeness (QED) is 0.457. The van der Waals surface area contributed by atoms with Gasteiger partial charge < -0.3 is 20.1 Å². The van der Waals surface area contributed by atoms with Gasteiger partial charge in [0, 0.05) is 12.1 Å². The molecule has 0 aliphatic carbocycles. The summed E-state index contributed by atoms with van der Waals surface area (Å²) in [6.45, 7) is 7.54. The molecular formula is C17H28N2O4. The minimum Gasteiger partial charge on any atom is -0.469 e. The van der Waals surface area contributed by atoms with Crippen LogP contribution in [0.1, 0.15) is 40.5 Å². The number of esters is 1. The van der Waals surface area contributed by atoms with Gasteiger partial charge in [0.05, 0.1) is 25.7 Å². The Morgan fingerprint density at radius 3 is 2.61 bits per heavy atom. The topological polar surface area (TPSA) is 81.9 Å². The lowest BCUT2D eigenvalue weighted by Crippen LogP contribution is -2.46. The summed E-state index contributed by atoms with van der Waals surface area (Å²) in [5, 5.41) is 0. The number of allylic oxidation sites excluding steroid dienone is 3. The van der Waals surface area contributed by atoms with Crippen molar-refractivity contribution in [3.63, 3.8) is 0 Å². The Hall–Kier alpha value is -1.66. The second-order valence-electron chi connectivity index (χ2n) is 6.21. The lowest BCUT2D eigenvalue weighted by Gasteiger charge is -2.31. The van der Waals surface area contributed by atoms with E-state index < -0.39 is 5.72 Å². The summed E-state index contributed by atoms with van der Waals surface area (Å²) in [7, 11) is 1.34. The summed E-state index contributed by atoms with van der Waals surface area (Å²) in [5.74, 6) is -0.450. The zero-order chi connectivity index (χ0) is 17.6. The summed E-state index contributed by atoms with van der Waals surface area (Å²) >= 11 is 0. The second kappa shape index (κ2) is 8.26. The Kier molecular flexibility index (Phi) is 6.97. The van der Waals surface area contributed by atoms with Crippen molar-refractivity contribution in [3.05, 3.63) is 24.3 Å². The number of amides is 1. The highest BCUT2D eigenvalue weighted by atomic mass is 16.5. The number of nitrogens with zero attached hydrogens (tertiary/aromatic N) is 1. The Bertz CT molecular complexity index is 485. The number of rotatable bonds is 6. The molecule has 1 aliphatic rings. The zero-order valence-corrected chi connectivity index (χ0v) is 14.6. The van der Waals surface area contributed by atoms with Gasteiger partial charge >= 0.3 is 5.97 Å². The second-order valence-corrected chi connectivity index (χ2v) is 6.21. The van der Waals surface area contributed by atoms with Crippen molar-refractivity contribution in [2.24, 2.45) is 5.73 Å². The zero-order valence-electron chi connectivity index (χ0n) is 14.6. The van der Waals surface area contributed by atoms with E-state index in [-0.39, 0.29) is 36.5 Å². The SMILES string of the molecule is C/C=C/C=C/C(=O)N1[C@H](C)[C@@H](C[C@@H](N)CC(=O)OC)OC1(C)C. The fourth-order valence-electron chi connectivity index (χ4n) is 2.90. The standard InChI is InChI=1S/C17H28N2O4/c1-6-7-8-9-15(20)19-12(2)14(23-17(19,3)4)10-13(18)11-16(21)22-5/h6-9,12-14H,10-11,18H2,1-5H3/b7-6+,9-8+/t12-,13-,14-/m1/s1. The molecule has 0 spiro atoms. The molecule has 0 bridgehead atoms. The first-order chi connectivity index (χ1) is 10.7. The van der Waals surface area contributed by atoms with E-state index in [1.807, 2.05) is 33.8 Å². The fourth-order valence-corrected chi connectivity index (χ4v) is 2.90. The van der Waals surface area contributed by atoms with Gasteiger partial charge in [0.2, 0.25) is 5.91 Å². The van der Waals surface area contributed by atoms with E-state index >= 15 is 0 Å². The predicted octanol–water partition coefficient (Wildman–Crippen LogP) is 1.75. The van der Waals surface area contributed by atoms with Crippen LogP contribution in [0.2, 0.25) is 0 Å². The highest BCUT2D eigenvalue weighted by Gasteiger charge is 2.47. The first-order valence-corrected chi connectivity index (χ1v) is 7.85. The molecule has 3 atom stereocenters. The molecule has 0 radical (unpaired) electrons. The number of nitrogens with two attached hydrogens (primary N) is 1. The van der Waals surface area contributed by atoms with E-state index in [2.05, 4.69) is 4.74 Å². The molecule has 1 amide bonds. The summed E-state index contributed by atoms with van der Waals surface area (Å²) in [6, 6.07) is -0.490. The van der Waals surface area contributed by atoms with E-state index in [1.165, 1.54) is 13.2 Å². The van der Waals surface area contributed by atoms with Gasteiger partial charge in [-0.2, -0.15) is 0 Å². The Labute approximate surface area is 138 Å². The van der Waals surface area contributed by atoms with Crippen LogP contribution in [-0.2, 0) is 19.1 Å². The molecule has 1 heterocycles. The Balaban J connectivity index is 2.77. The van der Waals surface area contributed by atoms with E-state index in [0.29, 0.717) is 6.42 Å². The number of hydrogen-bond acceptors (Lipinski definition) is 5. The summed E-state index contributed by atoms with van der Waals surface area (Å²) < 4.78 is 10.6. The van der Waals surface area contributed by atoms with Crippen LogP contribution in [0.5, 0.6) is 0 Å². The van der Waals surface area contributed by atoms with E-state index in [0.717, 1.165) is 0 Å². The van der Waals surface area contributed by atoms with Crippen LogP contribution in [0.3, 0.4) is 0 Å². The van der Waals surface area contributed by atoms with Crippen molar-refractivity contribution >= 4 is 11.9 Å². The molecule has 23 heavy (non-hydrogen) atoms. The van der Waals surface area contributed by atoms with Crippen molar-refractivity contribution in [1.29, 1.82) is 0 Å². The van der Waals surface area contributed by atoms with Crippen LogP contribution >= 0.6 is 0 Å². The number of methoxy groups -OCH3 is 1. The molecule has 1 rings (SSSR count). The average Bonchev–Trinajstić information content (AvgIpc) is 2.67. The third kappa shape index (κ3) is 5.18. The number of ether oxygens (including phenoxy) is 2. The van der Waals surface area contributed by atoms with Crippen LogP contribution in [-0.4, -0.2) is 47.8 Å². The molecule has 1 saturated heterocycles. The third-order valence-corrected chi connectivity index (χ3v) is 3.94. The number of carbonyl (C=O) groups is 2. The highest BCUT2D eigenvalue weighted by Crippen LogP contribution is 2.34.